The van der Waals surface area contributed by atoms with Gasteiger partial charge in [0, 0.05) is 9.79 Å². The summed E-state index contributed by atoms with van der Waals surface area (Å²) >= 11 is 7.94. The van der Waals surface area contributed by atoms with Crippen LogP contribution in [0.25, 0.3) is 0 Å². The Labute approximate surface area is 146 Å². The van der Waals surface area contributed by atoms with Crippen molar-refractivity contribution in [3.8, 4) is 5.75 Å². The minimum absolute atomic E-state index is 0.654. The van der Waals surface area contributed by atoms with E-state index in [0.29, 0.717) is 5.02 Å². The summed E-state index contributed by atoms with van der Waals surface area (Å²) in [4.78, 5) is 2.00. The summed E-state index contributed by atoms with van der Waals surface area (Å²) in [5.41, 5.74) is 0.215. The van der Waals surface area contributed by atoms with Crippen LogP contribution >= 0.6 is 23.4 Å². The van der Waals surface area contributed by atoms with Crippen molar-refractivity contribution in [3.05, 3.63) is 53.1 Å². The number of methoxy groups -OCH3 is 1. The molecule has 0 unspecified atom stereocenters. The molecule has 2 aromatic rings. The van der Waals surface area contributed by atoms with Crippen molar-refractivity contribution in [2.24, 2.45) is 0 Å². The van der Waals surface area contributed by atoms with Gasteiger partial charge in [-0.1, -0.05) is 41.6 Å². The second kappa shape index (κ2) is 7.14. The number of hydrogen-bond donors (Lipinski definition) is 2. The lowest BCUT2D eigenvalue weighted by Crippen LogP contribution is -2.40. The average Bonchev–Trinajstić information content (AvgIpc) is 2.58. The smallest absolute Gasteiger partial charge is 0.120 e. The molecule has 5 heteroatoms. The minimum Gasteiger partial charge on any atom is -0.497 e. The van der Waals surface area contributed by atoms with Crippen LogP contribution < -0.4 is 10.1 Å². The van der Waals surface area contributed by atoms with Crippen LogP contribution in [0.5, 0.6) is 5.75 Å². The van der Waals surface area contributed by atoms with Crippen molar-refractivity contribution in [1.82, 2.24) is 5.32 Å². The fraction of sp³-hybridized carbons (Fsp3) is 0.333. The van der Waals surface area contributed by atoms with E-state index >= 15 is 0 Å². The Morgan fingerprint density at radius 1 is 1.13 bits per heavy atom. The van der Waals surface area contributed by atoms with E-state index in [1.165, 1.54) is 0 Å². The molecule has 0 atom stereocenters. The average molecular weight is 350 g/mol. The third-order valence-corrected chi connectivity index (χ3v) is 5.75. The molecule has 2 N–H and O–H groups in total. The van der Waals surface area contributed by atoms with Gasteiger partial charge in [0.1, 0.15) is 5.75 Å². The van der Waals surface area contributed by atoms with Crippen molar-refractivity contribution in [2.75, 3.05) is 20.2 Å². The predicted molar refractivity (Wildman–Crippen MR) is 94.6 cm³/mol. The second-order valence-corrected chi connectivity index (χ2v) is 7.17. The van der Waals surface area contributed by atoms with E-state index in [-0.39, 0.29) is 0 Å². The topological polar surface area (TPSA) is 41.5 Å². The zero-order valence-electron chi connectivity index (χ0n) is 13.0. The van der Waals surface area contributed by atoms with Crippen LogP contribution in [-0.4, -0.2) is 25.3 Å². The first kappa shape index (κ1) is 16.7. The fourth-order valence-corrected chi connectivity index (χ4v) is 4.19. The number of nitrogens with one attached hydrogen (secondary N) is 1. The molecule has 23 heavy (non-hydrogen) atoms. The SMILES string of the molecule is COc1ccc(Sc2ccccc2C2(O)CCNCC2)c(Cl)c1. The number of aliphatic hydroxyl groups is 1. The molecule has 0 saturated carbocycles. The third kappa shape index (κ3) is 3.66. The van der Waals surface area contributed by atoms with Gasteiger partial charge in [-0.2, -0.15) is 0 Å². The van der Waals surface area contributed by atoms with Crippen molar-refractivity contribution >= 4 is 23.4 Å². The Morgan fingerprint density at radius 3 is 2.57 bits per heavy atom. The highest BCUT2D eigenvalue weighted by molar-refractivity contribution is 7.99. The van der Waals surface area contributed by atoms with Gasteiger partial charge >= 0.3 is 0 Å². The Kier molecular flexibility index (Phi) is 5.17. The number of halogens is 1. The van der Waals surface area contributed by atoms with Crippen molar-refractivity contribution in [2.45, 2.75) is 28.2 Å². The van der Waals surface area contributed by atoms with Gasteiger partial charge < -0.3 is 15.2 Å². The maximum absolute atomic E-state index is 11.0. The van der Waals surface area contributed by atoms with Gasteiger partial charge in [0.05, 0.1) is 17.7 Å². The van der Waals surface area contributed by atoms with Gasteiger partial charge in [-0.25, -0.2) is 0 Å². The first-order chi connectivity index (χ1) is 11.1. The zero-order chi connectivity index (χ0) is 16.3. The third-order valence-electron chi connectivity index (χ3n) is 4.18. The number of rotatable bonds is 4. The van der Waals surface area contributed by atoms with Gasteiger partial charge in [0.15, 0.2) is 0 Å². The van der Waals surface area contributed by atoms with Crippen LogP contribution in [0.1, 0.15) is 18.4 Å². The molecule has 1 heterocycles. The number of ether oxygens (including phenoxy) is 1. The van der Waals surface area contributed by atoms with Gasteiger partial charge in [-0.15, -0.1) is 0 Å². The molecular formula is C18H20ClNO2S. The molecular weight excluding hydrogens is 330 g/mol. The molecule has 1 fully saturated rings. The van der Waals surface area contributed by atoms with Crippen molar-refractivity contribution < 1.29 is 9.84 Å². The summed E-state index contributed by atoms with van der Waals surface area (Å²) in [5.74, 6) is 0.740. The van der Waals surface area contributed by atoms with E-state index in [9.17, 15) is 5.11 Å². The molecule has 122 valence electrons. The lowest BCUT2D eigenvalue weighted by atomic mass is 9.85. The lowest BCUT2D eigenvalue weighted by molar-refractivity contribution is 0.00351. The molecule has 0 aromatic heterocycles. The second-order valence-electron chi connectivity index (χ2n) is 5.68. The zero-order valence-corrected chi connectivity index (χ0v) is 14.6. The van der Waals surface area contributed by atoms with E-state index in [4.69, 9.17) is 16.3 Å². The molecule has 1 aliphatic heterocycles. The first-order valence-electron chi connectivity index (χ1n) is 7.66. The van der Waals surface area contributed by atoms with E-state index in [0.717, 1.165) is 47.0 Å². The fourth-order valence-electron chi connectivity index (χ4n) is 2.86. The minimum atomic E-state index is -0.770. The highest BCUT2D eigenvalue weighted by Gasteiger charge is 2.33. The highest BCUT2D eigenvalue weighted by Crippen LogP contribution is 2.42. The molecule has 2 aromatic carbocycles. The number of hydrogen-bond acceptors (Lipinski definition) is 4. The van der Waals surface area contributed by atoms with Crippen LogP contribution in [0, 0.1) is 0 Å². The Morgan fingerprint density at radius 2 is 1.87 bits per heavy atom. The maximum atomic E-state index is 11.0. The Bertz CT molecular complexity index is 686. The Hall–Kier alpha value is -1.20. The molecule has 0 aliphatic carbocycles. The van der Waals surface area contributed by atoms with Crippen LogP contribution in [0.15, 0.2) is 52.3 Å². The van der Waals surface area contributed by atoms with E-state index < -0.39 is 5.60 Å². The van der Waals surface area contributed by atoms with Crippen LogP contribution in [0.4, 0.5) is 0 Å². The monoisotopic (exact) mass is 349 g/mol. The summed E-state index contributed by atoms with van der Waals surface area (Å²) in [6.07, 6.45) is 1.45. The normalized spacial score (nSPS) is 17.0. The lowest BCUT2D eigenvalue weighted by Gasteiger charge is -2.34. The summed E-state index contributed by atoms with van der Waals surface area (Å²) in [7, 11) is 1.63. The van der Waals surface area contributed by atoms with Gasteiger partial charge in [-0.3, -0.25) is 0 Å². The van der Waals surface area contributed by atoms with E-state index in [1.807, 2.05) is 42.5 Å². The predicted octanol–water partition coefficient (Wildman–Crippen LogP) is 4.07. The van der Waals surface area contributed by atoms with Gasteiger partial charge in [-0.05, 0) is 55.8 Å². The molecule has 3 rings (SSSR count). The molecule has 0 spiro atoms. The molecule has 0 radical (unpaired) electrons. The standard InChI is InChI=1S/C18H20ClNO2S/c1-22-13-6-7-17(15(19)12-13)23-16-5-3-2-4-14(16)18(21)8-10-20-11-9-18/h2-7,12,20-21H,8-11H2,1H3. The molecule has 0 amide bonds. The number of benzene rings is 2. The summed E-state index contributed by atoms with van der Waals surface area (Å²) in [5, 5.41) is 15.0. The molecule has 1 saturated heterocycles. The Balaban J connectivity index is 1.92. The van der Waals surface area contributed by atoms with Crippen LogP contribution in [-0.2, 0) is 5.60 Å². The van der Waals surface area contributed by atoms with E-state index in [1.54, 1.807) is 18.9 Å². The van der Waals surface area contributed by atoms with Crippen molar-refractivity contribution in [3.63, 3.8) is 0 Å². The number of piperidine rings is 1. The molecule has 1 aliphatic rings. The maximum Gasteiger partial charge on any atom is 0.120 e. The summed E-state index contributed by atoms with van der Waals surface area (Å²) < 4.78 is 5.19. The van der Waals surface area contributed by atoms with Gasteiger partial charge in [0.2, 0.25) is 0 Å². The largest absolute Gasteiger partial charge is 0.497 e. The summed E-state index contributed by atoms with van der Waals surface area (Å²) in [6, 6.07) is 13.7. The highest BCUT2D eigenvalue weighted by atomic mass is 35.5. The summed E-state index contributed by atoms with van der Waals surface area (Å²) in [6.45, 7) is 1.66. The first-order valence-corrected chi connectivity index (χ1v) is 8.86. The quantitative estimate of drug-likeness (QED) is 0.873. The van der Waals surface area contributed by atoms with Crippen LogP contribution in [0.3, 0.4) is 0 Å². The van der Waals surface area contributed by atoms with Crippen LogP contribution in [0.2, 0.25) is 5.02 Å². The van der Waals surface area contributed by atoms with Gasteiger partial charge in [0.25, 0.3) is 0 Å². The molecule has 0 bridgehead atoms. The van der Waals surface area contributed by atoms with E-state index in [2.05, 4.69) is 5.32 Å². The molecule has 3 nitrogen and oxygen atoms in total. The van der Waals surface area contributed by atoms with Crippen molar-refractivity contribution in [1.29, 1.82) is 0 Å².